The Morgan fingerprint density at radius 1 is 1.40 bits per heavy atom. The molecule has 1 heterocycles. The average molecular weight is 299 g/mol. The summed E-state index contributed by atoms with van der Waals surface area (Å²) in [5, 5.41) is 8.89. The molecule has 0 saturated heterocycles. The summed E-state index contributed by atoms with van der Waals surface area (Å²) in [6.45, 7) is 5.20. The van der Waals surface area contributed by atoms with Crippen LogP contribution in [0.5, 0.6) is 0 Å². The molecule has 2 amide bonds. The van der Waals surface area contributed by atoms with Gasteiger partial charge in [0.1, 0.15) is 10.7 Å². The number of nitrogens with one attached hydrogen (secondary N) is 3. The van der Waals surface area contributed by atoms with E-state index in [4.69, 9.17) is 5.73 Å². The minimum atomic E-state index is -0.304. The summed E-state index contributed by atoms with van der Waals surface area (Å²) >= 11 is 1.21. The lowest BCUT2D eigenvalue weighted by molar-refractivity contribution is -0.120. The zero-order chi connectivity index (χ0) is 15.1. The maximum atomic E-state index is 11.9. The van der Waals surface area contributed by atoms with Crippen LogP contribution in [-0.4, -0.2) is 36.9 Å². The number of amides is 2. The van der Waals surface area contributed by atoms with Gasteiger partial charge in [0.2, 0.25) is 5.91 Å². The van der Waals surface area contributed by atoms with Crippen molar-refractivity contribution in [3.05, 3.63) is 4.88 Å². The minimum absolute atomic E-state index is 0.123. The molecule has 1 aromatic heterocycles. The number of hydrogen-bond donors (Lipinski definition) is 4. The number of rotatable bonds is 7. The number of thiazole rings is 1. The fourth-order valence-electron chi connectivity index (χ4n) is 1.36. The molecule has 0 fully saturated rings. The molecular weight excluding hydrogens is 278 g/mol. The zero-order valence-electron chi connectivity index (χ0n) is 11.9. The lowest BCUT2D eigenvalue weighted by Gasteiger charge is -2.04. The van der Waals surface area contributed by atoms with Crippen molar-refractivity contribution >= 4 is 34.1 Å². The largest absolute Gasteiger partial charge is 0.382 e. The molecule has 5 N–H and O–H groups in total. The number of nitrogens with two attached hydrogens (primary N) is 1. The molecule has 0 aliphatic rings. The fourth-order valence-corrected chi connectivity index (χ4v) is 2.16. The maximum absolute atomic E-state index is 11.9. The first-order chi connectivity index (χ1) is 9.43. The monoisotopic (exact) mass is 299 g/mol. The Labute approximate surface area is 122 Å². The van der Waals surface area contributed by atoms with E-state index in [-0.39, 0.29) is 30.6 Å². The number of nitrogen functional groups attached to an aromatic ring is 1. The normalized spacial score (nSPS) is 10.4. The average Bonchev–Trinajstić information content (AvgIpc) is 2.77. The molecule has 0 aliphatic heterocycles. The molecule has 0 aromatic carbocycles. The van der Waals surface area contributed by atoms with Crippen LogP contribution in [0.15, 0.2) is 0 Å². The molecule has 0 spiro atoms. The molecule has 8 heteroatoms. The van der Waals surface area contributed by atoms with E-state index < -0.39 is 0 Å². The fraction of sp³-hybridized carbons (Fsp3) is 0.583. The summed E-state index contributed by atoms with van der Waals surface area (Å²) in [6, 6.07) is 0. The highest BCUT2D eigenvalue weighted by Gasteiger charge is 2.16. The van der Waals surface area contributed by atoms with Crippen LogP contribution in [0.2, 0.25) is 0 Å². The number of nitrogens with zero attached hydrogens (tertiary/aromatic N) is 1. The lowest BCUT2D eigenvalue weighted by atomic mass is 10.2. The molecule has 7 nitrogen and oxygen atoms in total. The van der Waals surface area contributed by atoms with Gasteiger partial charge in [-0.3, -0.25) is 9.59 Å². The molecule has 0 bridgehead atoms. The van der Waals surface area contributed by atoms with E-state index in [1.807, 2.05) is 0 Å². The van der Waals surface area contributed by atoms with Gasteiger partial charge in [0, 0.05) is 26.6 Å². The second-order valence-corrected chi connectivity index (χ2v) is 5.69. The van der Waals surface area contributed by atoms with Crippen molar-refractivity contribution < 1.29 is 9.59 Å². The summed E-state index contributed by atoms with van der Waals surface area (Å²) < 4.78 is 0. The van der Waals surface area contributed by atoms with E-state index in [1.54, 1.807) is 7.05 Å². The van der Waals surface area contributed by atoms with Gasteiger partial charge < -0.3 is 21.7 Å². The quantitative estimate of drug-likeness (QED) is 0.591. The minimum Gasteiger partial charge on any atom is -0.382 e. The van der Waals surface area contributed by atoms with E-state index in [0.29, 0.717) is 15.9 Å². The van der Waals surface area contributed by atoms with Crippen LogP contribution in [0, 0.1) is 5.92 Å². The number of hydrogen-bond acceptors (Lipinski definition) is 6. The summed E-state index contributed by atoms with van der Waals surface area (Å²) in [7, 11) is 1.55. The standard InChI is InChI=1S/C12H21N5O2S/c1-7(2)6-16-12-17-10(13)9(20-12)11(19)15-5-4-8(18)14-3/h7H,4-6,13H2,1-3H3,(H,14,18)(H,15,19)(H,16,17). The summed E-state index contributed by atoms with van der Waals surface area (Å²) in [5.74, 6) is 0.257. The predicted octanol–water partition coefficient (Wildman–Crippen LogP) is 0.659. The van der Waals surface area contributed by atoms with Crippen molar-refractivity contribution in [2.75, 3.05) is 31.2 Å². The van der Waals surface area contributed by atoms with E-state index in [9.17, 15) is 9.59 Å². The third-order valence-electron chi connectivity index (χ3n) is 2.44. The van der Waals surface area contributed by atoms with Crippen LogP contribution in [-0.2, 0) is 4.79 Å². The van der Waals surface area contributed by atoms with Gasteiger partial charge in [-0.2, -0.15) is 0 Å². The molecule has 0 atom stereocenters. The molecule has 112 valence electrons. The number of carbonyl (C=O) groups excluding carboxylic acids is 2. The Kier molecular flexibility index (Phi) is 6.23. The van der Waals surface area contributed by atoms with Gasteiger partial charge in [-0.05, 0) is 5.92 Å². The van der Waals surface area contributed by atoms with E-state index in [0.717, 1.165) is 6.54 Å². The Bertz CT molecular complexity index is 472. The summed E-state index contributed by atoms with van der Waals surface area (Å²) in [4.78, 5) is 27.4. The number of carbonyl (C=O) groups is 2. The first kappa shape index (κ1) is 16.2. The van der Waals surface area contributed by atoms with Crippen LogP contribution < -0.4 is 21.7 Å². The summed E-state index contributed by atoms with van der Waals surface area (Å²) in [5.41, 5.74) is 5.73. The summed E-state index contributed by atoms with van der Waals surface area (Å²) in [6.07, 6.45) is 0.236. The van der Waals surface area contributed by atoms with Crippen LogP contribution >= 0.6 is 11.3 Å². The van der Waals surface area contributed by atoms with Crippen molar-refractivity contribution in [3.8, 4) is 0 Å². The van der Waals surface area contributed by atoms with Crippen LogP contribution in [0.25, 0.3) is 0 Å². The highest BCUT2D eigenvalue weighted by Crippen LogP contribution is 2.24. The third-order valence-corrected chi connectivity index (χ3v) is 3.47. The molecule has 0 radical (unpaired) electrons. The molecule has 0 unspecified atom stereocenters. The van der Waals surface area contributed by atoms with Gasteiger partial charge in [-0.1, -0.05) is 25.2 Å². The highest BCUT2D eigenvalue weighted by atomic mass is 32.1. The highest BCUT2D eigenvalue weighted by molar-refractivity contribution is 7.18. The van der Waals surface area contributed by atoms with Gasteiger partial charge in [-0.15, -0.1) is 0 Å². The lowest BCUT2D eigenvalue weighted by Crippen LogP contribution is -2.29. The van der Waals surface area contributed by atoms with Crippen LogP contribution in [0.3, 0.4) is 0 Å². The smallest absolute Gasteiger partial charge is 0.265 e. The van der Waals surface area contributed by atoms with Crippen molar-refractivity contribution in [1.29, 1.82) is 0 Å². The van der Waals surface area contributed by atoms with Gasteiger partial charge in [0.15, 0.2) is 5.13 Å². The Morgan fingerprint density at radius 3 is 2.70 bits per heavy atom. The molecular formula is C12H21N5O2S. The van der Waals surface area contributed by atoms with Gasteiger partial charge in [0.25, 0.3) is 5.91 Å². The topological polar surface area (TPSA) is 109 Å². The van der Waals surface area contributed by atoms with Gasteiger partial charge in [-0.25, -0.2) is 4.98 Å². The third kappa shape index (κ3) is 5.04. The molecule has 1 aromatic rings. The second kappa shape index (κ2) is 7.68. The maximum Gasteiger partial charge on any atom is 0.265 e. The van der Waals surface area contributed by atoms with E-state index >= 15 is 0 Å². The Balaban J connectivity index is 2.53. The van der Waals surface area contributed by atoms with E-state index in [2.05, 4.69) is 34.8 Å². The first-order valence-corrected chi connectivity index (χ1v) is 7.24. The van der Waals surface area contributed by atoms with Crippen molar-refractivity contribution in [2.24, 2.45) is 5.92 Å². The van der Waals surface area contributed by atoms with Crippen LogP contribution in [0.1, 0.15) is 29.9 Å². The Morgan fingerprint density at radius 2 is 2.10 bits per heavy atom. The van der Waals surface area contributed by atoms with Gasteiger partial charge in [0.05, 0.1) is 0 Å². The molecule has 0 saturated carbocycles. The first-order valence-electron chi connectivity index (χ1n) is 6.43. The molecule has 0 aliphatic carbocycles. The number of anilines is 2. The number of aromatic nitrogens is 1. The zero-order valence-corrected chi connectivity index (χ0v) is 12.8. The molecule has 1 rings (SSSR count). The SMILES string of the molecule is CNC(=O)CCNC(=O)c1sc(NCC(C)C)nc1N. The Hall–Kier alpha value is -1.83. The van der Waals surface area contributed by atoms with Crippen molar-refractivity contribution in [1.82, 2.24) is 15.6 Å². The van der Waals surface area contributed by atoms with Crippen molar-refractivity contribution in [3.63, 3.8) is 0 Å². The van der Waals surface area contributed by atoms with E-state index in [1.165, 1.54) is 11.3 Å². The predicted molar refractivity (Wildman–Crippen MR) is 80.9 cm³/mol. The van der Waals surface area contributed by atoms with Crippen molar-refractivity contribution in [2.45, 2.75) is 20.3 Å². The second-order valence-electron chi connectivity index (χ2n) is 4.69. The van der Waals surface area contributed by atoms with Crippen LogP contribution in [0.4, 0.5) is 10.9 Å². The van der Waals surface area contributed by atoms with Gasteiger partial charge >= 0.3 is 0 Å². The molecule has 20 heavy (non-hydrogen) atoms.